The number of rotatable bonds is 6. The Labute approximate surface area is 186 Å². The van der Waals surface area contributed by atoms with Crippen molar-refractivity contribution >= 4 is 62.8 Å². The Hall–Kier alpha value is -3.29. The molecule has 0 aliphatic carbocycles. The summed E-state index contributed by atoms with van der Waals surface area (Å²) in [6, 6.07) is 11.0. The Kier molecular flexibility index (Phi) is 5.47. The maximum absolute atomic E-state index is 12.0. The molecule has 0 radical (unpaired) electrons. The minimum absolute atomic E-state index is 0.0724. The van der Waals surface area contributed by atoms with E-state index in [0.29, 0.717) is 15.9 Å². The maximum atomic E-state index is 12.0. The molecular formula is C22H17Cl2N3O4. The van der Waals surface area contributed by atoms with Crippen LogP contribution in [0.2, 0.25) is 10.0 Å². The molecule has 4 aromatic rings. The Morgan fingerprint density at radius 1 is 1.16 bits per heavy atom. The number of anilines is 1. The summed E-state index contributed by atoms with van der Waals surface area (Å²) in [4.78, 5) is 28.2. The summed E-state index contributed by atoms with van der Waals surface area (Å²) >= 11 is 12.2. The number of carboxylic acids is 2. The summed E-state index contributed by atoms with van der Waals surface area (Å²) in [5, 5.41) is 24.2. The zero-order valence-electron chi connectivity index (χ0n) is 16.3. The van der Waals surface area contributed by atoms with Crippen LogP contribution in [0.3, 0.4) is 0 Å². The van der Waals surface area contributed by atoms with Crippen molar-refractivity contribution in [3.63, 3.8) is 0 Å². The number of aliphatic carboxylic acids is 1. The zero-order chi connectivity index (χ0) is 22.3. The fourth-order valence-electron chi connectivity index (χ4n) is 3.66. The van der Waals surface area contributed by atoms with E-state index in [0.717, 1.165) is 16.5 Å². The molecule has 0 unspecified atom stereocenters. The first-order valence-corrected chi connectivity index (χ1v) is 10.1. The van der Waals surface area contributed by atoms with E-state index in [1.54, 1.807) is 6.07 Å². The molecule has 0 aliphatic rings. The number of fused-ring (bicyclic) bond motifs is 2. The molecule has 0 amide bonds. The average Bonchev–Trinajstić information content (AvgIpc) is 3.03. The smallest absolute Gasteiger partial charge is 0.339 e. The van der Waals surface area contributed by atoms with Crippen molar-refractivity contribution in [1.82, 2.24) is 9.55 Å². The van der Waals surface area contributed by atoms with Crippen molar-refractivity contribution in [1.29, 1.82) is 0 Å². The normalized spacial score (nSPS) is 12.2. The first-order chi connectivity index (χ1) is 14.7. The van der Waals surface area contributed by atoms with E-state index < -0.39 is 18.0 Å². The number of aromatic nitrogens is 2. The minimum Gasteiger partial charge on any atom is -0.480 e. The number of pyridine rings is 1. The molecule has 0 fully saturated rings. The third-order valence-electron chi connectivity index (χ3n) is 5.08. The molecule has 3 N–H and O–H groups in total. The van der Waals surface area contributed by atoms with Gasteiger partial charge in [-0.2, -0.15) is 0 Å². The van der Waals surface area contributed by atoms with Crippen LogP contribution in [0.15, 0.2) is 48.7 Å². The zero-order valence-corrected chi connectivity index (χ0v) is 17.8. The van der Waals surface area contributed by atoms with Crippen LogP contribution < -0.4 is 5.32 Å². The van der Waals surface area contributed by atoms with E-state index in [1.165, 1.54) is 12.1 Å². The highest BCUT2D eigenvalue weighted by atomic mass is 35.5. The van der Waals surface area contributed by atoms with Crippen LogP contribution in [0.4, 0.5) is 5.82 Å². The van der Waals surface area contributed by atoms with Gasteiger partial charge in [0.05, 0.1) is 10.5 Å². The van der Waals surface area contributed by atoms with Gasteiger partial charge in [0.15, 0.2) is 0 Å². The van der Waals surface area contributed by atoms with Crippen LogP contribution in [-0.2, 0) is 18.3 Å². The molecule has 0 saturated carbocycles. The Morgan fingerprint density at radius 3 is 2.61 bits per heavy atom. The molecule has 4 rings (SSSR count). The van der Waals surface area contributed by atoms with Crippen molar-refractivity contribution in [2.24, 2.45) is 7.05 Å². The summed E-state index contributed by atoms with van der Waals surface area (Å²) in [5.74, 6) is -2.45. The largest absolute Gasteiger partial charge is 0.480 e. The fraction of sp³-hybridized carbons (Fsp3) is 0.136. The molecule has 0 saturated heterocycles. The van der Waals surface area contributed by atoms with Crippen molar-refractivity contribution in [2.75, 3.05) is 5.32 Å². The second-order valence-electron chi connectivity index (χ2n) is 7.17. The van der Waals surface area contributed by atoms with Crippen LogP contribution in [-0.4, -0.2) is 37.7 Å². The van der Waals surface area contributed by atoms with E-state index in [-0.39, 0.29) is 22.8 Å². The Balaban J connectivity index is 1.76. The first kappa shape index (κ1) is 21.0. The summed E-state index contributed by atoms with van der Waals surface area (Å²) in [6.07, 6.45) is 2.00. The van der Waals surface area contributed by atoms with Gasteiger partial charge in [-0.15, -0.1) is 0 Å². The predicted octanol–water partition coefficient (Wildman–Crippen LogP) is 4.84. The number of carboxylic acid groups (broad SMARTS) is 2. The lowest BCUT2D eigenvalue weighted by atomic mass is 10.0. The Bertz CT molecular complexity index is 1350. The third-order valence-corrected chi connectivity index (χ3v) is 5.59. The molecule has 0 aliphatic heterocycles. The van der Waals surface area contributed by atoms with Crippen molar-refractivity contribution in [3.05, 3.63) is 69.8 Å². The van der Waals surface area contributed by atoms with E-state index in [1.807, 2.05) is 42.1 Å². The topological polar surface area (TPSA) is 104 Å². The number of benzene rings is 2. The van der Waals surface area contributed by atoms with Gasteiger partial charge in [-0.3, -0.25) is 0 Å². The van der Waals surface area contributed by atoms with Crippen molar-refractivity contribution < 1.29 is 19.8 Å². The molecule has 0 bridgehead atoms. The van der Waals surface area contributed by atoms with Gasteiger partial charge in [-0.25, -0.2) is 14.6 Å². The van der Waals surface area contributed by atoms with Gasteiger partial charge in [-0.05, 0) is 29.8 Å². The van der Waals surface area contributed by atoms with Gasteiger partial charge >= 0.3 is 11.9 Å². The molecular weight excluding hydrogens is 441 g/mol. The van der Waals surface area contributed by atoms with Crippen LogP contribution in [0.25, 0.3) is 21.8 Å². The van der Waals surface area contributed by atoms with Gasteiger partial charge in [0, 0.05) is 41.0 Å². The van der Waals surface area contributed by atoms with Crippen LogP contribution >= 0.6 is 23.2 Å². The second-order valence-corrected chi connectivity index (χ2v) is 8.01. The number of hydrogen-bond acceptors (Lipinski definition) is 4. The number of halogens is 2. The molecule has 0 spiro atoms. The first-order valence-electron chi connectivity index (χ1n) is 9.30. The lowest BCUT2D eigenvalue weighted by Gasteiger charge is -2.17. The van der Waals surface area contributed by atoms with Crippen molar-refractivity contribution in [2.45, 2.75) is 12.5 Å². The fourth-order valence-corrected chi connectivity index (χ4v) is 4.21. The Morgan fingerprint density at radius 2 is 1.90 bits per heavy atom. The van der Waals surface area contributed by atoms with Crippen LogP contribution in [0.5, 0.6) is 0 Å². The number of nitrogens with one attached hydrogen (secondary N) is 1. The van der Waals surface area contributed by atoms with Gasteiger partial charge < -0.3 is 20.1 Å². The lowest BCUT2D eigenvalue weighted by molar-refractivity contribution is -0.137. The molecule has 31 heavy (non-hydrogen) atoms. The van der Waals surface area contributed by atoms with E-state index >= 15 is 0 Å². The molecule has 1 atom stereocenters. The van der Waals surface area contributed by atoms with Crippen molar-refractivity contribution in [3.8, 4) is 0 Å². The highest BCUT2D eigenvalue weighted by Gasteiger charge is 2.24. The summed E-state index contributed by atoms with van der Waals surface area (Å²) in [5.41, 5.74) is 1.95. The minimum atomic E-state index is -1.25. The maximum Gasteiger partial charge on any atom is 0.339 e. The van der Waals surface area contributed by atoms with Gasteiger partial charge in [-0.1, -0.05) is 41.4 Å². The molecule has 9 heteroatoms. The van der Waals surface area contributed by atoms with Crippen LogP contribution in [0.1, 0.15) is 15.9 Å². The van der Waals surface area contributed by atoms with E-state index in [4.69, 9.17) is 23.2 Å². The van der Waals surface area contributed by atoms with Crippen LogP contribution in [0, 0.1) is 0 Å². The molecule has 2 aromatic carbocycles. The monoisotopic (exact) mass is 457 g/mol. The number of para-hydroxylation sites is 1. The summed E-state index contributed by atoms with van der Waals surface area (Å²) in [7, 11) is 1.88. The second kappa shape index (κ2) is 8.09. The van der Waals surface area contributed by atoms with Gasteiger partial charge in [0.1, 0.15) is 17.4 Å². The average molecular weight is 458 g/mol. The van der Waals surface area contributed by atoms with Gasteiger partial charge in [0.2, 0.25) is 0 Å². The standard InChI is InChI=1S/C22H17Cl2N3O4/c1-27-10-12(14-4-2-3-5-18(14)27)8-17(22(30)31)25-20-15(21(28)29)7-11-6-13(23)9-16(24)19(11)26-20/h2-7,9-10,17H,8H2,1H3,(H,25,26)(H,28,29)(H,30,31)/t17-/m0/s1. The SMILES string of the molecule is Cn1cc(C[C@H](Nc2nc3c(Cl)cc(Cl)cc3cc2C(=O)O)C(=O)O)c2ccccc21. The number of carbonyl (C=O) groups is 2. The molecule has 2 heterocycles. The van der Waals surface area contributed by atoms with E-state index in [2.05, 4.69) is 10.3 Å². The highest BCUT2D eigenvalue weighted by molar-refractivity contribution is 6.38. The molecule has 7 nitrogen and oxygen atoms in total. The number of nitrogens with zero attached hydrogens (tertiary/aromatic N) is 2. The summed E-state index contributed by atoms with van der Waals surface area (Å²) in [6.45, 7) is 0. The summed E-state index contributed by atoms with van der Waals surface area (Å²) < 4.78 is 1.92. The third kappa shape index (κ3) is 4.02. The number of aromatic carboxylic acids is 1. The quantitative estimate of drug-likeness (QED) is 0.382. The predicted molar refractivity (Wildman–Crippen MR) is 120 cm³/mol. The number of aryl methyl sites for hydroxylation is 1. The van der Waals surface area contributed by atoms with E-state index in [9.17, 15) is 19.8 Å². The molecule has 158 valence electrons. The highest BCUT2D eigenvalue weighted by Crippen LogP contribution is 2.30. The lowest BCUT2D eigenvalue weighted by Crippen LogP contribution is -2.32. The molecule has 2 aromatic heterocycles. The number of hydrogen-bond donors (Lipinski definition) is 3. The van der Waals surface area contributed by atoms with Gasteiger partial charge in [0.25, 0.3) is 0 Å².